The van der Waals surface area contributed by atoms with Crippen molar-refractivity contribution in [3.8, 4) is 0 Å². The Labute approximate surface area is 131 Å². The average molecular weight is 325 g/mol. The number of amides is 1. The number of rotatable bonds is 5. The second-order valence-corrected chi connectivity index (χ2v) is 7.63. The van der Waals surface area contributed by atoms with Crippen LogP contribution >= 0.6 is 0 Å². The van der Waals surface area contributed by atoms with Gasteiger partial charge in [-0.3, -0.25) is 9.52 Å². The van der Waals surface area contributed by atoms with Gasteiger partial charge in [0.05, 0.1) is 17.6 Å². The van der Waals surface area contributed by atoms with Crippen molar-refractivity contribution in [3.05, 3.63) is 24.3 Å². The highest BCUT2D eigenvalue weighted by Gasteiger charge is 2.24. The summed E-state index contributed by atoms with van der Waals surface area (Å²) in [5, 5.41) is 2.78. The third kappa shape index (κ3) is 4.99. The number of para-hydroxylation sites is 2. The minimum Gasteiger partial charge on any atom is -0.327 e. The normalized spacial score (nSPS) is 22.1. The third-order valence-electron chi connectivity index (χ3n) is 3.91. The quantitative estimate of drug-likeness (QED) is 0.769. The number of carbonyl (C=O) groups is 1. The fourth-order valence-electron chi connectivity index (χ4n) is 2.81. The van der Waals surface area contributed by atoms with Gasteiger partial charge >= 0.3 is 0 Å². The first kappa shape index (κ1) is 16.8. The number of nitrogens with two attached hydrogens (primary N) is 1. The van der Waals surface area contributed by atoms with E-state index < -0.39 is 10.0 Å². The lowest BCUT2D eigenvalue weighted by atomic mass is 9.83. The highest BCUT2D eigenvalue weighted by atomic mass is 32.2. The molecule has 2 rings (SSSR count). The molecule has 1 aromatic rings. The summed E-state index contributed by atoms with van der Waals surface area (Å²) in [5.41, 5.74) is 6.89. The predicted molar refractivity (Wildman–Crippen MR) is 88.1 cm³/mol. The van der Waals surface area contributed by atoms with Crippen LogP contribution in [0.15, 0.2) is 24.3 Å². The Morgan fingerprint density at radius 1 is 1.23 bits per heavy atom. The first-order valence-corrected chi connectivity index (χ1v) is 9.36. The summed E-state index contributed by atoms with van der Waals surface area (Å²) < 4.78 is 25.1. The fourth-order valence-corrected chi connectivity index (χ4v) is 3.39. The van der Waals surface area contributed by atoms with Gasteiger partial charge in [-0.1, -0.05) is 25.0 Å². The van der Waals surface area contributed by atoms with Crippen molar-refractivity contribution in [2.24, 2.45) is 11.7 Å². The van der Waals surface area contributed by atoms with Crippen LogP contribution in [-0.4, -0.2) is 26.6 Å². The van der Waals surface area contributed by atoms with Crippen molar-refractivity contribution in [2.75, 3.05) is 16.3 Å². The van der Waals surface area contributed by atoms with E-state index in [-0.39, 0.29) is 17.9 Å². The Morgan fingerprint density at radius 2 is 1.86 bits per heavy atom. The number of anilines is 2. The standard InChI is InChI=1S/C15H23N3O3S/c1-22(20,21)18-14-9-5-4-8-13(14)17-15(19)10-11-6-2-3-7-12(11)16/h4-5,8-9,11-12,18H,2-3,6-7,10,16H2,1H3,(H,17,19). The summed E-state index contributed by atoms with van der Waals surface area (Å²) in [6.45, 7) is 0. The van der Waals surface area contributed by atoms with Gasteiger partial charge in [0.2, 0.25) is 15.9 Å². The van der Waals surface area contributed by atoms with Gasteiger partial charge in [-0.25, -0.2) is 8.42 Å². The van der Waals surface area contributed by atoms with Gasteiger partial charge in [0, 0.05) is 12.5 Å². The second-order valence-electron chi connectivity index (χ2n) is 5.88. The number of hydrogen-bond acceptors (Lipinski definition) is 4. The average Bonchev–Trinajstić information content (AvgIpc) is 2.42. The predicted octanol–water partition coefficient (Wildman–Crippen LogP) is 1.90. The molecule has 1 fully saturated rings. The monoisotopic (exact) mass is 325 g/mol. The highest BCUT2D eigenvalue weighted by Crippen LogP contribution is 2.27. The van der Waals surface area contributed by atoms with Crippen LogP contribution < -0.4 is 15.8 Å². The molecule has 1 aliphatic carbocycles. The van der Waals surface area contributed by atoms with E-state index >= 15 is 0 Å². The van der Waals surface area contributed by atoms with Crippen LogP contribution in [-0.2, 0) is 14.8 Å². The first-order valence-electron chi connectivity index (χ1n) is 7.47. The van der Waals surface area contributed by atoms with E-state index in [2.05, 4.69) is 10.0 Å². The number of nitrogens with one attached hydrogen (secondary N) is 2. The molecule has 22 heavy (non-hydrogen) atoms. The van der Waals surface area contributed by atoms with Gasteiger partial charge in [-0.2, -0.15) is 0 Å². The Balaban J connectivity index is 2.02. The van der Waals surface area contributed by atoms with E-state index in [0.717, 1.165) is 31.9 Å². The molecule has 1 aliphatic rings. The Morgan fingerprint density at radius 3 is 2.50 bits per heavy atom. The van der Waals surface area contributed by atoms with E-state index in [0.29, 0.717) is 17.8 Å². The van der Waals surface area contributed by atoms with Crippen LogP contribution in [0.2, 0.25) is 0 Å². The molecule has 0 heterocycles. The van der Waals surface area contributed by atoms with Gasteiger partial charge in [-0.15, -0.1) is 0 Å². The molecule has 4 N–H and O–H groups in total. The molecule has 1 amide bonds. The van der Waals surface area contributed by atoms with E-state index in [9.17, 15) is 13.2 Å². The van der Waals surface area contributed by atoms with E-state index in [4.69, 9.17) is 5.73 Å². The number of hydrogen-bond donors (Lipinski definition) is 3. The zero-order valence-corrected chi connectivity index (χ0v) is 13.5. The zero-order chi connectivity index (χ0) is 16.2. The van der Waals surface area contributed by atoms with Gasteiger partial charge in [-0.05, 0) is 30.9 Å². The molecule has 0 aliphatic heterocycles. The Bertz CT molecular complexity index is 631. The maximum absolute atomic E-state index is 12.2. The van der Waals surface area contributed by atoms with Gasteiger partial charge < -0.3 is 11.1 Å². The zero-order valence-electron chi connectivity index (χ0n) is 12.7. The van der Waals surface area contributed by atoms with Gasteiger partial charge in [0.15, 0.2) is 0 Å². The number of carbonyl (C=O) groups excluding carboxylic acids is 1. The number of benzene rings is 1. The molecule has 0 aromatic heterocycles. The van der Waals surface area contributed by atoms with Gasteiger partial charge in [0.1, 0.15) is 0 Å². The first-order chi connectivity index (χ1) is 10.3. The number of sulfonamides is 1. The van der Waals surface area contributed by atoms with Crippen LogP contribution in [0.3, 0.4) is 0 Å². The molecule has 0 saturated heterocycles. The van der Waals surface area contributed by atoms with Crippen LogP contribution in [0.4, 0.5) is 11.4 Å². The lowest BCUT2D eigenvalue weighted by molar-refractivity contribution is -0.117. The maximum Gasteiger partial charge on any atom is 0.229 e. The van der Waals surface area contributed by atoms with E-state index in [1.165, 1.54) is 0 Å². The lowest BCUT2D eigenvalue weighted by Gasteiger charge is -2.28. The minimum atomic E-state index is -3.39. The molecule has 2 unspecified atom stereocenters. The molecule has 1 saturated carbocycles. The van der Waals surface area contributed by atoms with E-state index in [1.54, 1.807) is 24.3 Å². The Kier molecular flexibility index (Phi) is 5.42. The smallest absolute Gasteiger partial charge is 0.229 e. The van der Waals surface area contributed by atoms with Crippen molar-refractivity contribution >= 4 is 27.3 Å². The van der Waals surface area contributed by atoms with Crippen LogP contribution in [0.25, 0.3) is 0 Å². The van der Waals surface area contributed by atoms with Crippen molar-refractivity contribution in [3.63, 3.8) is 0 Å². The lowest BCUT2D eigenvalue weighted by Crippen LogP contribution is -2.35. The summed E-state index contributed by atoms with van der Waals surface area (Å²) in [7, 11) is -3.39. The van der Waals surface area contributed by atoms with Crippen molar-refractivity contribution in [1.29, 1.82) is 0 Å². The van der Waals surface area contributed by atoms with Crippen LogP contribution in [0, 0.1) is 5.92 Å². The third-order valence-corrected chi connectivity index (χ3v) is 4.50. The molecule has 0 bridgehead atoms. The minimum absolute atomic E-state index is 0.0730. The molecule has 2 atom stereocenters. The maximum atomic E-state index is 12.2. The summed E-state index contributed by atoms with van der Waals surface area (Å²) in [6, 6.07) is 6.81. The molecule has 0 spiro atoms. The largest absolute Gasteiger partial charge is 0.327 e. The highest BCUT2D eigenvalue weighted by molar-refractivity contribution is 7.92. The molecule has 6 nitrogen and oxygen atoms in total. The fraction of sp³-hybridized carbons (Fsp3) is 0.533. The topological polar surface area (TPSA) is 101 Å². The molecule has 0 radical (unpaired) electrons. The molecule has 7 heteroatoms. The molecule has 122 valence electrons. The van der Waals surface area contributed by atoms with Crippen LogP contribution in [0.1, 0.15) is 32.1 Å². The summed E-state index contributed by atoms with van der Waals surface area (Å²) in [4.78, 5) is 12.2. The molecular formula is C15H23N3O3S. The van der Waals surface area contributed by atoms with Gasteiger partial charge in [0.25, 0.3) is 0 Å². The second kappa shape index (κ2) is 7.11. The molecule has 1 aromatic carbocycles. The SMILES string of the molecule is CS(=O)(=O)Nc1ccccc1NC(=O)CC1CCCCC1N. The van der Waals surface area contributed by atoms with Crippen molar-refractivity contribution in [2.45, 2.75) is 38.1 Å². The Hall–Kier alpha value is -1.60. The van der Waals surface area contributed by atoms with Crippen molar-refractivity contribution < 1.29 is 13.2 Å². The van der Waals surface area contributed by atoms with E-state index in [1.807, 2.05) is 0 Å². The summed E-state index contributed by atoms with van der Waals surface area (Å²) >= 11 is 0. The van der Waals surface area contributed by atoms with Crippen molar-refractivity contribution in [1.82, 2.24) is 0 Å². The van der Waals surface area contributed by atoms with Crippen LogP contribution in [0.5, 0.6) is 0 Å². The summed E-state index contributed by atoms with van der Waals surface area (Å²) in [6.07, 6.45) is 5.61. The molecular weight excluding hydrogens is 302 g/mol. The summed E-state index contributed by atoms with van der Waals surface area (Å²) in [5.74, 6) is 0.0638.